The molecule has 6 nitrogen and oxygen atoms in total. The third-order valence-corrected chi connectivity index (χ3v) is 4.36. The average Bonchev–Trinajstić information content (AvgIpc) is 2.59. The second-order valence-corrected chi connectivity index (χ2v) is 6.14. The van der Waals surface area contributed by atoms with Gasteiger partial charge in [0, 0.05) is 28.6 Å². The molecule has 7 heteroatoms. The zero-order valence-corrected chi connectivity index (χ0v) is 14.2. The van der Waals surface area contributed by atoms with Crippen molar-refractivity contribution in [3.05, 3.63) is 69.3 Å². The van der Waals surface area contributed by atoms with Gasteiger partial charge >= 0.3 is 0 Å². The Morgan fingerprint density at radius 3 is 2.50 bits per heavy atom. The van der Waals surface area contributed by atoms with Gasteiger partial charge in [0.1, 0.15) is 0 Å². The van der Waals surface area contributed by atoms with Crippen LogP contribution in [0.1, 0.15) is 27.6 Å². The summed E-state index contributed by atoms with van der Waals surface area (Å²) in [6, 6.07) is 11.6. The molecule has 1 unspecified atom stereocenters. The lowest BCUT2D eigenvalue weighted by Gasteiger charge is -2.13. The van der Waals surface area contributed by atoms with Crippen molar-refractivity contribution in [3.63, 3.8) is 0 Å². The van der Waals surface area contributed by atoms with Crippen LogP contribution in [0.15, 0.2) is 47.4 Å². The lowest BCUT2D eigenvalue weighted by Crippen LogP contribution is -2.28. The number of nitrogens with one attached hydrogen (secondary N) is 1. The van der Waals surface area contributed by atoms with E-state index in [0.717, 1.165) is 4.90 Å². The minimum Gasteiger partial charge on any atom is -0.387 e. The lowest BCUT2D eigenvalue weighted by molar-refractivity contribution is -0.385. The Hall–Kier alpha value is -2.38. The minimum atomic E-state index is -0.816. The van der Waals surface area contributed by atoms with Gasteiger partial charge in [-0.05, 0) is 43.0 Å². The van der Waals surface area contributed by atoms with Crippen molar-refractivity contribution >= 4 is 23.4 Å². The number of aliphatic hydroxyl groups is 1. The van der Waals surface area contributed by atoms with Gasteiger partial charge in [0.25, 0.3) is 11.6 Å². The molecule has 0 heterocycles. The van der Waals surface area contributed by atoms with Gasteiger partial charge in [0.2, 0.25) is 0 Å². The summed E-state index contributed by atoms with van der Waals surface area (Å²) in [7, 11) is 0. The molecule has 0 spiro atoms. The van der Waals surface area contributed by atoms with Gasteiger partial charge in [-0.2, -0.15) is 0 Å². The zero-order chi connectivity index (χ0) is 17.7. The van der Waals surface area contributed by atoms with Crippen LogP contribution in [0.25, 0.3) is 0 Å². The predicted octanol–water partition coefficient (Wildman–Crippen LogP) is 3.09. The molecule has 0 radical (unpaired) electrons. The first-order valence-electron chi connectivity index (χ1n) is 7.27. The summed E-state index contributed by atoms with van der Waals surface area (Å²) in [5.74, 6) is -0.382. The van der Waals surface area contributed by atoms with Crippen molar-refractivity contribution in [1.29, 1.82) is 0 Å². The quantitative estimate of drug-likeness (QED) is 0.476. The maximum Gasteiger partial charge on any atom is 0.272 e. The number of benzene rings is 2. The smallest absolute Gasteiger partial charge is 0.272 e. The Balaban J connectivity index is 1.99. The second kappa shape index (κ2) is 7.94. The standard InChI is InChI=1S/C17H18N2O4S/c1-11-9-13(5-8-15(11)19(22)23)17(21)18-10-16(20)12-3-6-14(24-2)7-4-12/h3-9,16,20H,10H2,1-2H3,(H,18,21). The summed E-state index contributed by atoms with van der Waals surface area (Å²) < 4.78 is 0. The first kappa shape index (κ1) is 18.0. The van der Waals surface area contributed by atoms with Gasteiger partial charge < -0.3 is 10.4 Å². The molecule has 2 aromatic carbocycles. The topological polar surface area (TPSA) is 92.5 Å². The van der Waals surface area contributed by atoms with Gasteiger partial charge in [0.15, 0.2) is 0 Å². The highest BCUT2D eigenvalue weighted by molar-refractivity contribution is 7.98. The van der Waals surface area contributed by atoms with E-state index >= 15 is 0 Å². The van der Waals surface area contributed by atoms with Crippen molar-refractivity contribution < 1.29 is 14.8 Å². The number of nitro groups is 1. The molecule has 0 saturated carbocycles. The SMILES string of the molecule is CSc1ccc(C(O)CNC(=O)c2ccc([N+](=O)[O-])c(C)c2)cc1. The molecular weight excluding hydrogens is 328 g/mol. The summed E-state index contributed by atoms with van der Waals surface area (Å²) in [5, 5.41) is 23.6. The molecule has 2 aromatic rings. The first-order valence-corrected chi connectivity index (χ1v) is 8.50. The van der Waals surface area contributed by atoms with Crippen LogP contribution in [0.4, 0.5) is 5.69 Å². The number of nitro benzene ring substituents is 1. The predicted molar refractivity (Wildman–Crippen MR) is 93.3 cm³/mol. The van der Waals surface area contributed by atoms with Gasteiger partial charge in [-0.3, -0.25) is 14.9 Å². The van der Waals surface area contributed by atoms with Crippen LogP contribution in [0.5, 0.6) is 0 Å². The molecule has 0 bridgehead atoms. The van der Waals surface area contributed by atoms with Crippen molar-refractivity contribution in [1.82, 2.24) is 5.32 Å². The molecule has 24 heavy (non-hydrogen) atoms. The second-order valence-electron chi connectivity index (χ2n) is 5.26. The van der Waals surface area contributed by atoms with E-state index in [9.17, 15) is 20.0 Å². The highest BCUT2D eigenvalue weighted by Crippen LogP contribution is 2.20. The van der Waals surface area contributed by atoms with E-state index in [0.29, 0.717) is 16.7 Å². The molecule has 0 fully saturated rings. The van der Waals surface area contributed by atoms with E-state index in [1.807, 2.05) is 30.5 Å². The van der Waals surface area contributed by atoms with E-state index in [2.05, 4.69) is 5.32 Å². The normalized spacial score (nSPS) is 11.8. The number of aryl methyl sites for hydroxylation is 1. The van der Waals surface area contributed by atoms with Crippen LogP contribution in [0.3, 0.4) is 0 Å². The highest BCUT2D eigenvalue weighted by Gasteiger charge is 2.15. The number of thioether (sulfide) groups is 1. The molecule has 1 amide bonds. The van der Waals surface area contributed by atoms with Crippen molar-refractivity contribution in [2.45, 2.75) is 17.9 Å². The van der Waals surface area contributed by atoms with E-state index < -0.39 is 11.0 Å². The Bertz CT molecular complexity index is 747. The number of carbonyl (C=O) groups excluding carboxylic acids is 1. The van der Waals surface area contributed by atoms with Gasteiger partial charge in [0.05, 0.1) is 11.0 Å². The van der Waals surface area contributed by atoms with Crippen LogP contribution in [-0.2, 0) is 0 Å². The number of rotatable bonds is 6. The van der Waals surface area contributed by atoms with Crippen LogP contribution in [0, 0.1) is 17.0 Å². The highest BCUT2D eigenvalue weighted by atomic mass is 32.2. The number of carbonyl (C=O) groups is 1. The molecule has 126 valence electrons. The van der Waals surface area contributed by atoms with Crippen molar-refractivity contribution in [2.75, 3.05) is 12.8 Å². The molecule has 2 rings (SSSR count). The zero-order valence-electron chi connectivity index (χ0n) is 13.4. The molecular formula is C17H18N2O4S. The van der Waals surface area contributed by atoms with Crippen LogP contribution < -0.4 is 5.32 Å². The number of hydrogen-bond donors (Lipinski definition) is 2. The lowest BCUT2D eigenvalue weighted by atomic mass is 10.1. The van der Waals surface area contributed by atoms with Crippen LogP contribution in [0.2, 0.25) is 0 Å². The summed E-state index contributed by atoms with van der Waals surface area (Å²) in [4.78, 5) is 23.5. The van der Waals surface area contributed by atoms with Crippen LogP contribution >= 0.6 is 11.8 Å². The van der Waals surface area contributed by atoms with Gasteiger partial charge in [-0.1, -0.05) is 12.1 Å². The number of amides is 1. The maximum atomic E-state index is 12.1. The maximum absolute atomic E-state index is 12.1. The third kappa shape index (κ3) is 4.33. The Labute approximate surface area is 144 Å². The minimum absolute atomic E-state index is 0.0273. The van der Waals surface area contributed by atoms with E-state index in [4.69, 9.17) is 0 Å². The summed E-state index contributed by atoms with van der Waals surface area (Å²) in [6.45, 7) is 1.64. The van der Waals surface area contributed by atoms with E-state index in [1.54, 1.807) is 18.7 Å². The molecule has 0 aliphatic rings. The Kier molecular flexibility index (Phi) is 5.94. The molecule has 0 saturated heterocycles. The fraction of sp³-hybridized carbons (Fsp3) is 0.235. The Morgan fingerprint density at radius 2 is 1.96 bits per heavy atom. The molecule has 0 aromatic heterocycles. The largest absolute Gasteiger partial charge is 0.387 e. The molecule has 0 aliphatic heterocycles. The third-order valence-electron chi connectivity index (χ3n) is 3.61. The van der Waals surface area contributed by atoms with E-state index in [-0.39, 0.29) is 18.1 Å². The van der Waals surface area contributed by atoms with Crippen molar-refractivity contribution in [2.24, 2.45) is 0 Å². The van der Waals surface area contributed by atoms with Gasteiger partial charge in [-0.15, -0.1) is 11.8 Å². The van der Waals surface area contributed by atoms with Gasteiger partial charge in [-0.25, -0.2) is 0 Å². The van der Waals surface area contributed by atoms with Crippen molar-refractivity contribution in [3.8, 4) is 0 Å². The number of hydrogen-bond acceptors (Lipinski definition) is 5. The fourth-order valence-electron chi connectivity index (χ4n) is 2.24. The monoisotopic (exact) mass is 346 g/mol. The van der Waals surface area contributed by atoms with E-state index in [1.165, 1.54) is 18.2 Å². The molecule has 1 atom stereocenters. The summed E-state index contributed by atoms with van der Waals surface area (Å²) in [5.41, 5.74) is 1.43. The average molecular weight is 346 g/mol. The van der Waals surface area contributed by atoms with Crippen LogP contribution in [-0.4, -0.2) is 28.7 Å². The Morgan fingerprint density at radius 1 is 1.29 bits per heavy atom. The first-order chi connectivity index (χ1) is 11.4. The summed E-state index contributed by atoms with van der Waals surface area (Å²) >= 11 is 1.61. The number of aliphatic hydroxyl groups excluding tert-OH is 1. The number of nitrogens with zero attached hydrogens (tertiary/aromatic N) is 1. The fourth-order valence-corrected chi connectivity index (χ4v) is 2.65. The summed E-state index contributed by atoms with van der Waals surface area (Å²) in [6.07, 6.45) is 1.15. The molecule has 2 N–H and O–H groups in total. The molecule has 0 aliphatic carbocycles.